The van der Waals surface area contributed by atoms with Gasteiger partial charge in [0.2, 0.25) is 0 Å². The normalized spacial score (nSPS) is 10.3. The van der Waals surface area contributed by atoms with Crippen LogP contribution in [0.25, 0.3) is 5.69 Å². The van der Waals surface area contributed by atoms with Crippen molar-refractivity contribution in [2.45, 2.75) is 0 Å². The number of aromatic nitrogens is 2. The van der Waals surface area contributed by atoms with E-state index in [1.54, 1.807) is 38.5 Å². The van der Waals surface area contributed by atoms with Crippen LogP contribution in [0.2, 0.25) is 0 Å². The van der Waals surface area contributed by atoms with E-state index in [2.05, 4.69) is 5.10 Å². The van der Waals surface area contributed by atoms with E-state index < -0.39 is 5.91 Å². The van der Waals surface area contributed by atoms with Crippen molar-refractivity contribution in [1.82, 2.24) is 14.7 Å². The smallest absolute Gasteiger partial charge is 0.269 e. The quantitative estimate of drug-likeness (QED) is 0.782. The number of carbonyl (C=O) groups is 2. The Balaban J connectivity index is 2.47. The summed E-state index contributed by atoms with van der Waals surface area (Å²) < 4.78 is 1.42. The van der Waals surface area contributed by atoms with Gasteiger partial charge in [0.15, 0.2) is 0 Å². The zero-order valence-electron chi connectivity index (χ0n) is 11.2. The van der Waals surface area contributed by atoms with Gasteiger partial charge in [-0.05, 0) is 24.3 Å². The maximum Gasteiger partial charge on any atom is 0.269 e. The van der Waals surface area contributed by atoms with Crippen LogP contribution in [0.1, 0.15) is 20.8 Å². The predicted octanol–water partition coefficient (Wildman–Crippen LogP) is 0.255. The van der Waals surface area contributed by atoms with Gasteiger partial charge in [0.25, 0.3) is 11.8 Å². The fourth-order valence-electron chi connectivity index (χ4n) is 1.72. The molecule has 4 N–H and O–H groups in total. The Hall–Kier alpha value is -2.83. The van der Waals surface area contributed by atoms with Gasteiger partial charge in [0.05, 0.1) is 11.4 Å². The number of hydrogen-bond acceptors (Lipinski definition) is 4. The monoisotopic (exact) mass is 273 g/mol. The van der Waals surface area contributed by atoms with E-state index in [-0.39, 0.29) is 11.6 Å². The molecule has 2 rings (SSSR count). The number of nitrogens with zero attached hydrogens (tertiary/aromatic N) is 3. The van der Waals surface area contributed by atoms with Crippen molar-refractivity contribution in [3.05, 3.63) is 41.7 Å². The minimum atomic E-state index is -0.622. The molecule has 1 aromatic carbocycles. The van der Waals surface area contributed by atoms with Crippen LogP contribution in [-0.4, -0.2) is 40.6 Å². The van der Waals surface area contributed by atoms with Crippen LogP contribution in [0.3, 0.4) is 0 Å². The number of nitrogens with two attached hydrogens (primary N) is 2. The van der Waals surface area contributed by atoms with Crippen molar-refractivity contribution in [3.63, 3.8) is 0 Å². The molecule has 0 spiro atoms. The summed E-state index contributed by atoms with van der Waals surface area (Å²) in [5, 5.41) is 4.02. The molecule has 0 saturated carbocycles. The number of hydrogen-bond donors (Lipinski definition) is 2. The fraction of sp³-hybridized carbons (Fsp3) is 0.154. The Morgan fingerprint density at radius 3 is 2.50 bits per heavy atom. The Kier molecular flexibility index (Phi) is 3.43. The zero-order chi connectivity index (χ0) is 14.9. The van der Waals surface area contributed by atoms with Crippen molar-refractivity contribution in [2.24, 2.45) is 5.73 Å². The summed E-state index contributed by atoms with van der Waals surface area (Å²) in [5.41, 5.74) is 12.6. The second kappa shape index (κ2) is 5.04. The van der Waals surface area contributed by atoms with Crippen LogP contribution in [0.4, 0.5) is 5.69 Å². The van der Waals surface area contributed by atoms with Crippen molar-refractivity contribution in [1.29, 1.82) is 0 Å². The third-order valence-electron chi connectivity index (χ3n) is 2.77. The molecule has 2 aromatic rings. The zero-order valence-corrected chi connectivity index (χ0v) is 11.2. The molecule has 0 aliphatic carbocycles. The molecule has 0 atom stereocenters. The largest absolute Gasteiger partial charge is 0.397 e. The van der Waals surface area contributed by atoms with Gasteiger partial charge in [-0.2, -0.15) is 5.10 Å². The van der Waals surface area contributed by atoms with E-state index in [4.69, 9.17) is 11.5 Å². The highest BCUT2D eigenvalue weighted by atomic mass is 16.2. The summed E-state index contributed by atoms with van der Waals surface area (Å²) in [6.45, 7) is 0. The summed E-state index contributed by atoms with van der Waals surface area (Å²) >= 11 is 0. The Morgan fingerprint density at radius 2 is 1.95 bits per heavy atom. The van der Waals surface area contributed by atoms with Crippen LogP contribution >= 0.6 is 0 Å². The summed E-state index contributed by atoms with van der Waals surface area (Å²) in [7, 11) is 3.33. The van der Waals surface area contributed by atoms with Gasteiger partial charge < -0.3 is 16.4 Å². The second-order valence-electron chi connectivity index (χ2n) is 4.48. The van der Waals surface area contributed by atoms with E-state index in [9.17, 15) is 9.59 Å². The molecule has 7 heteroatoms. The molecule has 2 amide bonds. The first-order valence-corrected chi connectivity index (χ1v) is 5.87. The van der Waals surface area contributed by atoms with E-state index in [0.717, 1.165) is 0 Å². The van der Waals surface area contributed by atoms with E-state index in [1.807, 2.05) is 0 Å². The standard InChI is InChI=1S/C13H15N5O2/c1-17(2)13(20)8-3-4-9(14)11(7-8)18-6-5-10(16-18)12(15)19/h3-7H,14H2,1-2H3,(H2,15,19). The van der Waals surface area contributed by atoms with Gasteiger partial charge in [-0.15, -0.1) is 0 Å². The number of carbonyl (C=O) groups excluding carboxylic acids is 2. The van der Waals surface area contributed by atoms with E-state index >= 15 is 0 Å². The van der Waals surface area contributed by atoms with Crippen LogP contribution in [-0.2, 0) is 0 Å². The molecule has 0 aliphatic rings. The molecule has 0 unspecified atom stereocenters. The minimum absolute atomic E-state index is 0.133. The van der Waals surface area contributed by atoms with Crippen LogP contribution < -0.4 is 11.5 Å². The number of benzene rings is 1. The molecule has 1 aromatic heterocycles. The molecular weight excluding hydrogens is 258 g/mol. The van der Waals surface area contributed by atoms with Crippen molar-refractivity contribution in [2.75, 3.05) is 19.8 Å². The number of amides is 2. The van der Waals surface area contributed by atoms with E-state index in [1.165, 1.54) is 15.6 Å². The van der Waals surface area contributed by atoms with Gasteiger partial charge in [-0.1, -0.05) is 0 Å². The lowest BCUT2D eigenvalue weighted by Gasteiger charge is -2.12. The number of primary amides is 1. The van der Waals surface area contributed by atoms with E-state index in [0.29, 0.717) is 16.9 Å². The second-order valence-corrected chi connectivity index (χ2v) is 4.48. The molecule has 1 heterocycles. The van der Waals surface area contributed by atoms with Crippen LogP contribution in [0.15, 0.2) is 30.5 Å². The Labute approximate surface area is 115 Å². The third-order valence-corrected chi connectivity index (χ3v) is 2.77. The first kappa shape index (κ1) is 13.6. The van der Waals surface area contributed by atoms with Crippen molar-refractivity contribution < 1.29 is 9.59 Å². The fourth-order valence-corrected chi connectivity index (χ4v) is 1.72. The van der Waals surface area contributed by atoms with Gasteiger partial charge in [-0.25, -0.2) is 4.68 Å². The number of rotatable bonds is 3. The molecule has 0 radical (unpaired) electrons. The summed E-state index contributed by atoms with van der Waals surface area (Å²) in [6.07, 6.45) is 1.57. The predicted molar refractivity (Wildman–Crippen MR) is 74.5 cm³/mol. The molecule has 0 bridgehead atoms. The minimum Gasteiger partial charge on any atom is -0.397 e. The van der Waals surface area contributed by atoms with Gasteiger partial charge in [0.1, 0.15) is 5.69 Å². The highest BCUT2D eigenvalue weighted by Gasteiger charge is 2.13. The molecule has 0 fully saturated rings. The molecule has 0 aliphatic heterocycles. The number of nitrogen functional groups attached to an aromatic ring is 1. The van der Waals surface area contributed by atoms with Crippen molar-refractivity contribution >= 4 is 17.5 Å². The molecule has 104 valence electrons. The lowest BCUT2D eigenvalue weighted by atomic mass is 10.1. The molecular formula is C13H15N5O2. The molecule has 7 nitrogen and oxygen atoms in total. The van der Waals surface area contributed by atoms with Crippen LogP contribution in [0, 0.1) is 0 Å². The third kappa shape index (κ3) is 2.46. The lowest BCUT2D eigenvalue weighted by molar-refractivity contribution is 0.0827. The summed E-state index contributed by atoms with van der Waals surface area (Å²) in [4.78, 5) is 24.4. The molecule has 20 heavy (non-hydrogen) atoms. The Morgan fingerprint density at radius 1 is 1.25 bits per heavy atom. The summed E-state index contributed by atoms with van der Waals surface area (Å²) in [5.74, 6) is -0.767. The topological polar surface area (TPSA) is 107 Å². The average molecular weight is 273 g/mol. The van der Waals surface area contributed by atoms with Crippen molar-refractivity contribution in [3.8, 4) is 5.69 Å². The highest BCUT2D eigenvalue weighted by Crippen LogP contribution is 2.19. The Bertz CT molecular complexity index is 675. The molecule has 0 saturated heterocycles. The maximum atomic E-state index is 11.9. The lowest BCUT2D eigenvalue weighted by Crippen LogP contribution is -2.22. The maximum absolute atomic E-state index is 11.9. The van der Waals surface area contributed by atoms with Gasteiger partial charge in [0, 0.05) is 25.9 Å². The summed E-state index contributed by atoms with van der Waals surface area (Å²) in [6, 6.07) is 6.37. The van der Waals surface area contributed by atoms with Crippen LogP contribution in [0.5, 0.6) is 0 Å². The SMILES string of the molecule is CN(C)C(=O)c1ccc(N)c(-n2ccc(C(N)=O)n2)c1. The highest BCUT2D eigenvalue weighted by molar-refractivity contribution is 5.95. The first-order valence-electron chi connectivity index (χ1n) is 5.87. The number of anilines is 1. The van der Waals surface area contributed by atoms with Gasteiger partial charge in [-0.3, -0.25) is 9.59 Å². The van der Waals surface area contributed by atoms with Gasteiger partial charge >= 0.3 is 0 Å². The first-order chi connectivity index (χ1) is 9.40. The average Bonchev–Trinajstić information content (AvgIpc) is 2.88.